The molecule has 1 aromatic carbocycles. The molecule has 0 saturated carbocycles. The third-order valence-electron chi connectivity index (χ3n) is 2.56. The largest absolute Gasteiger partial charge is 0.416 e. The maximum absolute atomic E-state index is 12.6. The molecule has 3 N–H and O–H groups in total. The van der Waals surface area contributed by atoms with Crippen molar-refractivity contribution in [1.29, 1.82) is 0 Å². The predicted octanol–water partition coefficient (Wildman–Crippen LogP) is 1.79. The number of hydrogen-bond donors (Lipinski definition) is 3. The third-order valence-corrected chi connectivity index (χ3v) is 2.56. The summed E-state index contributed by atoms with van der Waals surface area (Å²) in [5.74, 6) is 0. The van der Waals surface area contributed by atoms with Gasteiger partial charge in [-0.2, -0.15) is 13.2 Å². The Hall–Kier alpha value is -1.11. The highest BCUT2D eigenvalue weighted by molar-refractivity contribution is 5.32. The van der Waals surface area contributed by atoms with Crippen LogP contribution in [0.5, 0.6) is 0 Å². The summed E-state index contributed by atoms with van der Waals surface area (Å²) in [5, 5.41) is 27.8. The molecule has 1 aromatic rings. The van der Waals surface area contributed by atoms with E-state index in [9.17, 15) is 23.4 Å². The van der Waals surface area contributed by atoms with Crippen LogP contribution in [-0.4, -0.2) is 28.0 Å². The van der Waals surface area contributed by atoms with Crippen LogP contribution in [0.2, 0.25) is 0 Å². The number of aliphatic hydroxyl groups excluding tert-OH is 3. The first kappa shape index (κ1) is 14.9. The molecule has 0 aromatic heterocycles. The molecular weight excluding hydrogens is 249 g/mol. The van der Waals surface area contributed by atoms with Crippen LogP contribution in [0.4, 0.5) is 13.2 Å². The van der Waals surface area contributed by atoms with Gasteiger partial charge in [-0.25, -0.2) is 0 Å². The van der Waals surface area contributed by atoms with Gasteiger partial charge in [0.2, 0.25) is 0 Å². The maximum atomic E-state index is 12.6. The normalized spacial score (nSPS) is 15.5. The van der Waals surface area contributed by atoms with E-state index in [-0.39, 0.29) is 18.6 Å². The summed E-state index contributed by atoms with van der Waals surface area (Å²) in [4.78, 5) is 0. The van der Waals surface area contributed by atoms with Crippen molar-refractivity contribution in [3.63, 3.8) is 0 Å². The minimum absolute atomic E-state index is 0.0109. The SMILES string of the molecule is Cc1cc(C(O)C(O)CCO)cc(C(F)(F)F)c1. The van der Waals surface area contributed by atoms with Crippen molar-refractivity contribution in [2.75, 3.05) is 6.61 Å². The highest BCUT2D eigenvalue weighted by Gasteiger charge is 2.32. The van der Waals surface area contributed by atoms with Crippen molar-refractivity contribution in [2.45, 2.75) is 31.7 Å². The van der Waals surface area contributed by atoms with Crippen molar-refractivity contribution >= 4 is 0 Å². The van der Waals surface area contributed by atoms with Crippen LogP contribution in [0.1, 0.15) is 29.2 Å². The van der Waals surface area contributed by atoms with Crippen LogP contribution in [0.3, 0.4) is 0 Å². The minimum atomic E-state index is -4.50. The Morgan fingerprint density at radius 3 is 2.28 bits per heavy atom. The fraction of sp³-hybridized carbons (Fsp3) is 0.500. The molecule has 0 saturated heterocycles. The molecule has 2 atom stereocenters. The van der Waals surface area contributed by atoms with E-state index in [4.69, 9.17) is 5.11 Å². The van der Waals surface area contributed by atoms with Gasteiger partial charge in [-0.05, 0) is 31.0 Å². The molecule has 0 bridgehead atoms. The molecule has 2 unspecified atom stereocenters. The van der Waals surface area contributed by atoms with Crippen molar-refractivity contribution in [3.8, 4) is 0 Å². The van der Waals surface area contributed by atoms with Gasteiger partial charge in [0.1, 0.15) is 6.10 Å². The Morgan fingerprint density at radius 1 is 1.17 bits per heavy atom. The average Bonchev–Trinajstić information content (AvgIpc) is 2.26. The molecule has 18 heavy (non-hydrogen) atoms. The standard InChI is InChI=1S/C12H15F3O3/c1-7-4-8(11(18)10(17)2-3-16)6-9(5-7)12(13,14)15/h4-6,10-11,16-18H,2-3H2,1H3. The lowest BCUT2D eigenvalue weighted by molar-refractivity contribution is -0.137. The zero-order valence-electron chi connectivity index (χ0n) is 9.78. The number of halogens is 3. The lowest BCUT2D eigenvalue weighted by Gasteiger charge is -2.19. The number of benzene rings is 1. The topological polar surface area (TPSA) is 60.7 Å². The second-order valence-corrected chi connectivity index (χ2v) is 4.15. The summed E-state index contributed by atoms with van der Waals surface area (Å²) < 4.78 is 37.7. The number of aliphatic hydroxyl groups is 3. The zero-order valence-corrected chi connectivity index (χ0v) is 9.78. The smallest absolute Gasteiger partial charge is 0.396 e. The van der Waals surface area contributed by atoms with Crippen LogP contribution in [0.15, 0.2) is 18.2 Å². The van der Waals surface area contributed by atoms with Crippen LogP contribution in [0, 0.1) is 6.92 Å². The first-order chi connectivity index (χ1) is 8.25. The molecule has 0 fully saturated rings. The Bertz CT molecular complexity index is 404. The van der Waals surface area contributed by atoms with E-state index in [0.717, 1.165) is 12.1 Å². The van der Waals surface area contributed by atoms with Gasteiger partial charge >= 0.3 is 6.18 Å². The molecule has 0 aliphatic carbocycles. The predicted molar refractivity (Wildman–Crippen MR) is 58.9 cm³/mol. The molecule has 0 heterocycles. The van der Waals surface area contributed by atoms with E-state index in [1.54, 1.807) is 0 Å². The van der Waals surface area contributed by atoms with Gasteiger partial charge in [0.05, 0.1) is 11.7 Å². The highest BCUT2D eigenvalue weighted by atomic mass is 19.4. The van der Waals surface area contributed by atoms with E-state index < -0.39 is 23.9 Å². The van der Waals surface area contributed by atoms with Gasteiger partial charge < -0.3 is 15.3 Å². The van der Waals surface area contributed by atoms with Crippen LogP contribution >= 0.6 is 0 Å². The van der Waals surface area contributed by atoms with Crippen LogP contribution < -0.4 is 0 Å². The summed E-state index contributed by atoms with van der Waals surface area (Å²) in [6.45, 7) is 1.13. The average molecular weight is 264 g/mol. The Morgan fingerprint density at radius 2 is 1.78 bits per heavy atom. The zero-order chi connectivity index (χ0) is 13.9. The van der Waals surface area contributed by atoms with E-state index in [1.807, 2.05) is 0 Å². The number of aryl methyl sites for hydroxylation is 1. The van der Waals surface area contributed by atoms with E-state index >= 15 is 0 Å². The van der Waals surface area contributed by atoms with Gasteiger partial charge in [-0.3, -0.25) is 0 Å². The summed E-state index contributed by atoms with van der Waals surface area (Å²) in [7, 11) is 0. The van der Waals surface area contributed by atoms with Gasteiger partial charge in [0.15, 0.2) is 0 Å². The fourth-order valence-electron chi connectivity index (χ4n) is 1.66. The number of alkyl halides is 3. The summed E-state index contributed by atoms with van der Waals surface area (Å²) in [6, 6.07) is 3.15. The van der Waals surface area contributed by atoms with Crippen LogP contribution in [0.25, 0.3) is 0 Å². The Labute approximate surface area is 103 Å². The number of hydrogen-bond acceptors (Lipinski definition) is 3. The van der Waals surface area contributed by atoms with E-state index in [1.165, 1.54) is 13.0 Å². The fourth-order valence-corrected chi connectivity index (χ4v) is 1.66. The van der Waals surface area contributed by atoms with Crippen molar-refractivity contribution in [3.05, 3.63) is 34.9 Å². The Balaban J connectivity index is 3.06. The van der Waals surface area contributed by atoms with E-state index in [0.29, 0.717) is 5.56 Å². The molecule has 1 rings (SSSR count). The molecule has 102 valence electrons. The van der Waals surface area contributed by atoms with Gasteiger partial charge in [0, 0.05) is 6.61 Å². The lowest BCUT2D eigenvalue weighted by atomic mass is 9.98. The second-order valence-electron chi connectivity index (χ2n) is 4.15. The molecule has 0 aliphatic rings. The van der Waals surface area contributed by atoms with Crippen molar-refractivity contribution < 1.29 is 28.5 Å². The van der Waals surface area contributed by atoms with Crippen molar-refractivity contribution in [2.24, 2.45) is 0 Å². The summed E-state index contributed by atoms with van der Waals surface area (Å²) in [6.07, 6.45) is -7.34. The van der Waals surface area contributed by atoms with Gasteiger partial charge in [-0.1, -0.05) is 11.6 Å². The first-order valence-corrected chi connectivity index (χ1v) is 5.41. The summed E-state index contributed by atoms with van der Waals surface area (Å²) >= 11 is 0. The first-order valence-electron chi connectivity index (χ1n) is 5.41. The molecule has 0 aliphatic heterocycles. The van der Waals surface area contributed by atoms with Gasteiger partial charge in [0.25, 0.3) is 0 Å². The lowest BCUT2D eigenvalue weighted by Crippen LogP contribution is -2.20. The number of rotatable bonds is 4. The highest BCUT2D eigenvalue weighted by Crippen LogP contribution is 2.32. The van der Waals surface area contributed by atoms with Gasteiger partial charge in [-0.15, -0.1) is 0 Å². The quantitative estimate of drug-likeness (QED) is 0.777. The van der Waals surface area contributed by atoms with Crippen LogP contribution in [-0.2, 0) is 6.18 Å². The monoisotopic (exact) mass is 264 g/mol. The molecule has 6 heteroatoms. The third kappa shape index (κ3) is 3.69. The Kier molecular flexibility index (Phi) is 4.72. The van der Waals surface area contributed by atoms with Crippen molar-refractivity contribution in [1.82, 2.24) is 0 Å². The second kappa shape index (κ2) is 5.69. The maximum Gasteiger partial charge on any atom is 0.416 e. The molecule has 0 spiro atoms. The summed E-state index contributed by atoms with van der Waals surface area (Å²) in [5.41, 5.74) is -0.536. The molecule has 3 nitrogen and oxygen atoms in total. The molecule has 0 radical (unpaired) electrons. The minimum Gasteiger partial charge on any atom is -0.396 e. The molecular formula is C12H15F3O3. The van der Waals surface area contributed by atoms with E-state index in [2.05, 4.69) is 0 Å². The molecule has 0 amide bonds.